The van der Waals surface area contributed by atoms with Crippen molar-refractivity contribution >= 4 is 0 Å². The van der Waals surface area contributed by atoms with Crippen molar-refractivity contribution < 1.29 is 4.74 Å². The van der Waals surface area contributed by atoms with Crippen LogP contribution in [0.25, 0.3) is 0 Å². The molecule has 3 nitrogen and oxygen atoms in total. The molecule has 2 rings (SSSR count). The van der Waals surface area contributed by atoms with E-state index in [9.17, 15) is 0 Å². The third-order valence-electron chi connectivity index (χ3n) is 4.38. The Balaban J connectivity index is 1.98. The molecule has 0 aromatic carbocycles. The second-order valence-corrected chi connectivity index (χ2v) is 6.51. The lowest BCUT2D eigenvalue weighted by Gasteiger charge is -2.32. The first kappa shape index (κ1) is 15.3. The second kappa shape index (κ2) is 7.07. The maximum absolute atomic E-state index is 6.19. The summed E-state index contributed by atoms with van der Waals surface area (Å²) >= 11 is 0. The fraction of sp³-hybridized carbons (Fsp3) is 0.706. The maximum atomic E-state index is 6.19. The summed E-state index contributed by atoms with van der Waals surface area (Å²) in [6.07, 6.45) is 5.71. The number of hydrogen-bond donors (Lipinski definition) is 1. The number of hydrogen-bond acceptors (Lipinski definition) is 3. The molecule has 0 saturated heterocycles. The normalized spacial score (nSPS) is 26.8. The first-order valence-corrected chi connectivity index (χ1v) is 7.90. The number of nitrogens with one attached hydrogen (secondary N) is 1. The molecule has 3 atom stereocenters. The minimum absolute atomic E-state index is 0.328. The Labute approximate surface area is 123 Å². The highest BCUT2D eigenvalue weighted by molar-refractivity contribution is 5.25. The number of ether oxygens (including phenoxy) is 1. The quantitative estimate of drug-likeness (QED) is 0.888. The van der Waals surface area contributed by atoms with Gasteiger partial charge in [0.1, 0.15) is 6.10 Å². The van der Waals surface area contributed by atoms with Crippen LogP contribution in [0.4, 0.5) is 0 Å². The molecule has 1 aliphatic rings. The van der Waals surface area contributed by atoms with Crippen molar-refractivity contribution in [2.45, 2.75) is 65.6 Å². The van der Waals surface area contributed by atoms with Crippen molar-refractivity contribution in [1.82, 2.24) is 10.3 Å². The van der Waals surface area contributed by atoms with Crippen LogP contribution < -0.4 is 10.1 Å². The molecule has 1 aromatic rings. The largest absolute Gasteiger partial charge is 0.474 e. The molecule has 1 N–H and O–H groups in total. The van der Waals surface area contributed by atoms with Gasteiger partial charge in [0.15, 0.2) is 0 Å². The standard InChI is InChI=1S/C17H28N2O/c1-12(2)19-11-15-6-5-9-18-17(15)20-16-8-7-13(3)14(4)10-16/h5-6,9,12-14,16,19H,7-8,10-11H2,1-4H3. The van der Waals surface area contributed by atoms with E-state index in [2.05, 4.69) is 44.1 Å². The van der Waals surface area contributed by atoms with Gasteiger partial charge < -0.3 is 10.1 Å². The first-order valence-electron chi connectivity index (χ1n) is 7.90. The molecule has 0 radical (unpaired) electrons. The minimum Gasteiger partial charge on any atom is -0.474 e. The molecule has 0 aliphatic heterocycles. The third kappa shape index (κ3) is 4.20. The summed E-state index contributed by atoms with van der Waals surface area (Å²) in [5.41, 5.74) is 1.16. The second-order valence-electron chi connectivity index (χ2n) is 6.51. The Kier molecular flexibility index (Phi) is 5.41. The van der Waals surface area contributed by atoms with Crippen LogP contribution >= 0.6 is 0 Å². The van der Waals surface area contributed by atoms with E-state index in [0.717, 1.165) is 42.7 Å². The van der Waals surface area contributed by atoms with Crippen molar-refractivity contribution in [2.75, 3.05) is 0 Å². The average Bonchev–Trinajstić information content (AvgIpc) is 2.42. The summed E-state index contributed by atoms with van der Waals surface area (Å²) in [6.45, 7) is 9.81. The van der Waals surface area contributed by atoms with Gasteiger partial charge in [0, 0.05) is 24.3 Å². The van der Waals surface area contributed by atoms with Crippen LogP contribution in [0.3, 0.4) is 0 Å². The summed E-state index contributed by atoms with van der Waals surface area (Å²) in [4.78, 5) is 4.43. The molecule has 1 saturated carbocycles. The molecule has 1 fully saturated rings. The van der Waals surface area contributed by atoms with Gasteiger partial charge in [0.25, 0.3) is 0 Å². The summed E-state index contributed by atoms with van der Waals surface area (Å²) in [7, 11) is 0. The predicted molar refractivity (Wildman–Crippen MR) is 82.8 cm³/mol. The van der Waals surface area contributed by atoms with Gasteiger partial charge in [-0.1, -0.05) is 33.8 Å². The lowest BCUT2D eigenvalue weighted by atomic mass is 9.80. The van der Waals surface area contributed by atoms with Crippen molar-refractivity contribution in [3.05, 3.63) is 23.9 Å². The maximum Gasteiger partial charge on any atom is 0.218 e. The average molecular weight is 276 g/mol. The predicted octanol–water partition coefficient (Wildman–Crippen LogP) is 3.78. The monoisotopic (exact) mass is 276 g/mol. The molecule has 0 amide bonds. The third-order valence-corrected chi connectivity index (χ3v) is 4.38. The van der Waals surface area contributed by atoms with E-state index in [1.54, 1.807) is 0 Å². The van der Waals surface area contributed by atoms with Crippen molar-refractivity contribution in [2.24, 2.45) is 11.8 Å². The van der Waals surface area contributed by atoms with E-state index in [-0.39, 0.29) is 0 Å². The highest BCUT2D eigenvalue weighted by Crippen LogP contribution is 2.32. The van der Waals surface area contributed by atoms with Gasteiger partial charge >= 0.3 is 0 Å². The SMILES string of the molecule is CC(C)NCc1cccnc1OC1CCC(C)C(C)C1. The van der Waals surface area contributed by atoms with E-state index < -0.39 is 0 Å². The van der Waals surface area contributed by atoms with E-state index in [0.29, 0.717) is 12.1 Å². The lowest BCUT2D eigenvalue weighted by Crippen LogP contribution is -2.29. The number of aromatic nitrogens is 1. The Morgan fingerprint density at radius 3 is 2.80 bits per heavy atom. The zero-order chi connectivity index (χ0) is 14.5. The minimum atomic E-state index is 0.328. The van der Waals surface area contributed by atoms with Crippen LogP contribution in [-0.2, 0) is 6.54 Å². The van der Waals surface area contributed by atoms with Crippen LogP contribution in [0.2, 0.25) is 0 Å². The van der Waals surface area contributed by atoms with Gasteiger partial charge in [-0.15, -0.1) is 0 Å². The van der Waals surface area contributed by atoms with Crippen molar-refractivity contribution in [3.8, 4) is 5.88 Å². The summed E-state index contributed by atoms with van der Waals surface area (Å²) < 4.78 is 6.19. The van der Waals surface area contributed by atoms with Gasteiger partial charge in [-0.3, -0.25) is 0 Å². The Morgan fingerprint density at radius 2 is 2.10 bits per heavy atom. The molecule has 3 unspecified atom stereocenters. The molecule has 3 heteroatoms. The lowest BCUT2D eigenvalue weighted by molar-refractivity contribution is 0.0953. The van der Waals surface area contributed by atoms with E-state index in [4.69, 9.17) is 4.74 Å². The molecule has 1 aliphatic carbocycles. The zero-order valence-corrected chi connectivity index (χ0v) is 13.2. The van der Waals surface area contributed by atoms with Gasteiger partial charge in [-0.2, -0.15) is 0 Å². The Bertz CT molecular complexity index is 419. The topological polar surface area (TPSA) is 34.2 Å². The number of rotatable bonds is 5. The van der Waals surface area contributed by atoms with Crippen molar-refractivity contribution in [1.29, 1.82) is 0 Å². The van der Waals surface area contributed by atoms with Crippen LogP contribution in [0, 0.1) is 11.8 Å². The molecular weight excluding hydrogens is 248 g/mol. The Hall–Kier alpha value is -1.09. The van der Waals surface area contributed by atoms with E-state index in [1.807, 2.05) is 12.3 Å². The molecule has 0 spiro atoms. The molecular formula is C17H28N2O. The summed E-state index contributed by atoms with van der Waals surface area (Å²) in [5.74, 6) is 2.38. The van der Waals surface area contributed by atoms with Crippen molar-refractivity contribution in [3.63, 3.8) is 0 Å². The highest BCUT2D eigenvalue weighted by Gasteiger charge is 2.26. The van der Waals surface area contributed by atoms with E-state index >= 15 is 0 Å². The van der Waals surface area contributed by atoms with Crippen LogP contribution in [0.5, 0.6) is 5.88 Å². The van der Waals surface area contributed by atoms with Crippen LogP contribution in [0.15, 0.2) is 18.3 Å². The fourth-order valence-electron chi connectivity index (χ4n) is 2.74. The van der Waals surface area contributed by atoms with E-state index in [1.165, 1.54) is 6.42 Å². The summed E-state index contributed by atoms with van der Waals surface area (Å²) in [5, 5.41) is 3.44. The highest BCUT2D eigenvalue weighted by atomic mass is 16.5. The van der Waals surface area contributed by atoms with Gasteiger partial charge in [0.05, 0.1) is 0 Å². The molecule has 20 heavy (non-hydrogen) atoms. The molecule has 1 aromatic heterocycles. The zero-order valence-electron chi connectivity index (χ0n) is 13.2. The Morgan fingerprint density at radius 1 is 1.30 bits per heavy atom. The van der Waals surface area contributed by atoms with Crippen LogP contribution in [0.1, 0.15) is 52.5 Å². The number of nitrogens with zero attached hydrogens (tertiary/aromatic N) is 1. The number of pyridine rings is 1. The molecule has 112 valence electrons. The fourth-order valence-corrected chi connectivity index (χ4v) is 2.74. The molecule has 1 heterocycles. The van der Waals surface area contributed by atoms with Gasteiger partial charge in [0.2, 0.25) is 5.88 Å². The van der Waals surface area contributed by atoms with Gasteiger partial charge in [-0.25, -0.2) is 4.98 Å². The molecule has 0 bridgehead atoms. The summed E-state index contributed by atoms with van der Waals surface area (Å²) in [6, 6.07) is 4.56. The van der Waals surface area contributed by atoms with Gasteiger partial charge in [-0.05, 0) is 37.2 Å². The van der Waals surface area contributed by atoms with Crippen LogP contribution in [-0.4, -0.2) is 17.1 Å². The smallest absolute Gasteiger partial charge is 0.218 e. The first-order chi connectivity index (χ1) is 9.56.